The van der Waals surface area contributed by atoms with Crippen LogP contribution in [0.2, 0.25) is 5.02 Å². The molecule has 6 nitrogen and oxygen atoms in total. The third-order valence-corrected chi connectivity index (χ3v) is 6.05. The van der Waals surface area contributed by atoms with Crippen LogP contribution in [0.25, 0.3) is 0 Å². The van der Waals surface area contributed by atoms with Gasteiger partial charge in [0.25, 0.3) is 0 Å². The number of hydrogen-bond donors (Lipinski definition) is 2. The number of hydrogen-bond acceptors (Lipinski definition) is 5. The molecule has 1 aliphatic rings. The van der Waals surface area contributed by atoms with Gasteiger partial charge in [0.2, 0.25) is 11.8 Å². The van der Waals surface area contributed by atoms with Crippen molar-refractivity contribution >= 4 is 45.4 Å². The van der Waals surface area contributed by atoms with Gasteiger partial charge < -0.3 is 10.6 Å². The summed E-state index contributed by atoms with van der Waals surface area (Å²) in [4.78, 5) is 27.4. The molecule has 1 aromatic heterocycles. The number of amides is 2. The number of para-hydroxylation sites is 1. The molecule has 0 bridgehead atoms. The minimum atomic E-state index is -0.257. The zero-order valence-corrected chi connectivity index (χ0v) is 17.1. The summed E-state index contributed by atoms with van der Waals surface area (Å²) in [6, 6.07) is 9.21. The average molecular weight is 417 g/mol. The molecular weight excluding hydrogens is 396 g/mol. The maximum atomic E-state index is 12.4. The SMILES string of the molecule is CN(CC(=O)Nc1ccccc1Cl)CC(=O)Nc1sc2c(c1C#N)CCCC2. The van der Waals surface area contributed by atoms with Crippen molar-refractivity contribution in [3.63, 3.8) is 0 Å². The van der Waals surface area contributed by atoms with Crippen molar-refractivity contribution in [3.8, 4) is 6.07 Å². The number of carbonyl (C=O) groups is 2. The van der Waals surface area contributed by atoms with Crippen LogP contribution < -0.4 is 10.6 Å². The van der Waals surface area contributed by atoms with Gasteiger partial charge in [-0.3, -0.25) is 14.5 Å². The molecule has 0 saturated carbocycles. The lowest BCUT2D eigenvalue weighted by Crippen LogP contribution is -2.36. The van der Waals surface area contributed by atoms with Crippen molar-refractivity contribution in [1.29, 1.82) is 5.26 Å². The molecule has 3 rings (SSSR count). The van der Waals surface area contributed by atoms with Crippen molar-refractivity contribution in [2.75, 3.05) is 30.8 Å². The summed E-state index contributed by atoms with van der Waals surface area (Å²) < 4.78 is 0. The Balaban J connectivity index is 1.55. The molecule has 0 spiro atoms. The van der Waals surface area contributed by atoms with Crippen molar-refractivity contribution in [1.82, 2.24) is 4.90 Å². The number of benzene rings is 1. The Kier molecular flexibility index (Phi) is 6.68. The van der Waals surface area contributed by atoms with Gasteiger partial charge in [0.1, 0.15) is 11.1 Å². The van der Waals surface area contributed by atoms with E-state index in [0.29, 0.717) is 21.3 Å². The van der Waals surface area contributed by atoms with Gasteiger partial charge in [-0.25, -0.2) is 0 Å². The van der Waals surface area contributed by atoms with Gasteiger partial charge in [0.05, 0.1) is 29.4 Å². The van der Waals surface area contributed by atoms with E-state index in [-0.39, 0.29) is 24.9 Å². The summed E-state index contributed by atoms with van der Waals surface area (Å²) in [5.41, 5.74) is 2.21. The summed E-state index contributed by atoms with van der Waals surface area (Å²) in [5.74, 6) is -0.504. The van der Waals surface area contributed by atoms with Gasteiger partial charge in [0.15, 0.2) is 0 Å². The molecular formula is C20H21ClN4O2S. The molecule has 2 aromatic rings. The summed E-state index contributed by atoms with van der Waals surface area (Å²) >= 11 is 7.53. The van der Waals surface area contributed by atoms with E-state index in [4.69, 9.17) is 11.6 Å². The smallest absolute Gasteiger partial charge is 0.239 e. The molecule has 0 saturated heterocycles. The normalized spacial score (nSPS) is 12.9. The number of carbonyl (C=O) groups excluding carboxylic acids is 2. The molecule has 0 aliphatic heterocycles. The fourth-order valence-electron chi connectivity index (χ4n) is 3.24. The number of nitrogens with one attached hydrogen (secondary N) is 2. The first-order valence-electron chi connectivity index (χ1n) is 9.05. The number of anilines is 2. The standard InChI is InChI=1S/C20H21ClN4O2S/c1-25(11-18(26)23-16-8-4-3-7-15(16)21)12-19(27)24-20-14(10-22)13-6-2-5-9-17(13)28-20/h3-4,7-8H,2,5-6,9,11-12H2,1H3,(H,23,26)(H,24,27). The van der Waals surface area contributed by atoms with Gasteiger partial charge in [-0.05, 0) is 50.4 Å². The zero-order chi connectivity index (χ0) is 20.1. The van der Waals surface area contributed by atoms with Crippen molar-refractivity contribution in [2.45, 2.75) is 25.7 Å². The van der Waals surface area contributed by atoms with Crippen molar-refractivity contribution < 1.29 is 9.59 Å². The maximum absolute atomic E-state index is 12.4. The van der Waals surface area contributed by atoms with Crippen LogP contribution >= 0.6 is 22.9 Å². The van der Waals surface area contributed by atoms with Gasteiger partial charge in [0, 0.05) is 4.88 Å². The molecule has 1 aromatic carbocycles. The predicted octanol–water partition coefficient (Wildman–Crippen LogP) is 3.66. The van der Waals surface area contributed by atoms with Crippen LogP contribution in [0.5, 0.6) is 0 Å². The van der Waals surface area contributed by atoms with E-state index < -0.39 is 0 Å². The fraction of sp³-hybridized carbons (Fsp3) is 0.350. The van der Waals surface area contributed by atoms with Crippen LogP contribution in [0, 0.1) is 11.3 Å². The van der Waals surface area contributed by atoms with E-state index in [1.165, 1.54) is 16.2 Å². The number of likely N-dealkylation sites (N-methyl/N-ethyl adjacent to an activating group) is 1. The van der Waals surface area contributed by atoms with E-state index >= 15 is 0 Å². The van der Waals surface area contributed by atoms with Crippen LogP contribution in [-0.2, 0) is 22.4 Å². The average Bonchev–Trinajstić information content (AvgIpc) is 3.00. The Morgan fingerprint density at radius 2 is 1.86 bits per heavy atom. The zero-order valence-electron chi connectivity index (χ0n) is 15.5. The summed E-state index contributed by atoms with van der Waals surface area (Å²) in [6.45, 7) is 0.0913. The first-order chi connectivity index (χ1) is 13.5. The van der Waals surface area contributed by atoms with Crippen LogP contribution in [0.4, 0.5) is 10.7 Å². The summed E-state index contributed by atoms with van der Waals surface area (Å²) in [5, 5.41) is 16.1. The Labute approximate surface area is 173 Å². The lowest BCUT2D eigenvalue weighted by atomic mass is 9.96. The van der Waals surface area contributed by atoms with Gasteiger partial charge in [-0.1, -0.05) is 23.7 Å². The molecule has 146 valence electrons. The highest BCUT2D eigenvalue weighted by atomic mass is 35.5. The third-order valence-electron chi connectivity index (χ3n) is 4.51. The molecule has 0 fully saturated rings. The minimum Gasteiger partial charge on any atom is -0.324 e. The van der Waals surface area contributed by atoms with E-state index in [1.807, 2.05) is 0 Å². The van der Waals surface area contributed by atoms with Crippen molar-refractivity contribution in [2.24, 2.45) is 0 Å². The third kappa shape index (κ3) is 4.90. The van der Waals surface area contributed by atoms with E-state index in [0.717, 1.165) is 31.2 Å². The molecule has 2 N–H and O–H groups in total. The topological polar surface area (TPSA) is 85.2 Å². The second-order valence-corrected chi connectivity index (χ2v) is 8.29. The summed E-state index contributed by atoms with van der Waals surface area (Å²) in [7, 11) is 1.69. The number of rotatable bonds is 6. The van der Waals surface area contributed by atoms with E-state index in [1.54, 1.807) is 36.2 Å². The maximum Gasteiger partial charge on any atom is 0.239 e. The Morgan fingerprint density at radius 1 is 1.18 bits per heavy atom. The molecule has 1 aliphatic carbocycles. The van der Waals surface area contributed by atoms with Crippen LogP contribution in [0.15, 0.2) is 24.3 Å². The van der Waals surface area contributed by atoms with E-state index in [2.05, 4.69) is 16.7 Å². The second-order valence-electron chi connectivity index (χ2n) is 6.78. The second kappa shape index (κ2) is 9.20. The highest BCUT2D eigenvalue weighted by molar-refractivity contribution is 7.16. The van der Waals surface area contributed by atoms with Crippen LogP contribution in [0.3, 0.4) is 0 Å². The van der Waals surface area contributed by atoms with Gasteiger partial charge >= 0.3 is 0 Å². The monoisotopic (exact) mass is 416 g/mol. The quantitative estimate of drug-likeness (QED) is 0.752. The Morgan fingerprint density at radius 3 is 2.57 bits per heavy atom. The van der Waals surface area contributed by atoms with Gasteiger partial charge in [-0.15, -0.1) is 11.3 Å². The molecule has 0 unspecified atom stereocenters. The highest BCUT2D eigenvalue weighted by Gasteiger charge is 2.22. The molecule has 8 heteroatoms. The number of aryl methyl sites for hydroxylation is 1. The van der Waals surface area contributed by atoms with Crippen molar-refractivity contribution in [3.05, 3.63) is 45.3 Å². The molecule has 0 atom stereocenters. The highest BCUT2D eigenvalue weighted by Crippen LogP contribution is 2.37. The van der Waals surface area contributed by atoms with E-state index in [9.17, 15) is 14.9 Å². The molecule has 28 heavy (non-hydrogen) atoms. The Bertz CT molecular complexity index is 935. The molecule has 1 heterocycles. The van der Waals surface area contributed by atoms with Crippen LogP contribution in [-0.4, -0.2) is 36.9 Å². The number of nitriles is 1. The number of thiophene rings is 1. The minimum absolute atomic E-state index is 0.0450. The first kappa shape index (κ1) is 20.3. The molecule has 0 radical (unpaired) electrons. The number of nitrogens with zero attached hydrogens (tertiary/aromatic N) is 2. The fourth-order valence-corrected chi connectivity index (χ4v) is 4.68. The predicted molar refractivity (Wildman–Crippen MR) is 112 cm³/mol. The summed E-state index contributed by atoms with van der Waals surface area (Å²) in [6.07, 6.45) is 4.06. The first-order valence-corrected chi connectivity index (χ1v) is 10.2. The largest absolute Gasteiger partial charge is 0.324 e. The lowest BCUT2D eigenvalue weighted by molar-refractivity contribution is -0.119. The lowest BCUT2D eigenvalue weighted by Gasteiger charge is -2.16. The van der Waals surface area contributed by atoms with Crippen LogP contribution in [0.1, 0.15) is 28.8 Å². The van der Waals surface area contributed by atoms with Gasteiger partial charge in [-0.2, -0.15) is 5.26 Å². The molecule has 2 amide bonds. The number of halogens is 1. The number of fused-ring (bicyclic) bond motifs is 1. The Hall–Kier alpha value is -2.40.